The van der Waals surface area contributed by atoms with Crippen molar-refractivity contribution in [2.75, 3.05) is 0 Å². The summed E-state index contributed by atoms with van der Waals surface area (Å²) in [4.78, 5) is 14.4. The monoisotopic (exact) mass is 245 g/mol. The predicted octanol–water partition coefficient (Wildman–Crippen LogP) is 3.55. The van der Waals surface area contributed by atoms with E-state index in [0.29, 0.717) is 5.56 Å². The van der Waals surface area contributed by atoms with E-state index in [1.54, 1.807) is 11.3 Å². The van der Waals surface area contributed by atoms with Crippen molar-refractivity contribution in [1.82, 2.24) is 5.32 Å². The van der Waals surface area contributed by atoms with Crippen LogP contribution in [0.3, 0.4) is 0 Å². The Morgan fingerprint density at radius 1 is 1.18 bits per heavy atom. The Morgan fingerprint density at radius 3 is 2.47 bits per heavy atom. The molecule has 1 N–H and O–H groups in total. The van der Waals surface area contributed by atoms with Crippen LogP contribution in [-0.2, 0) is 0 Å². The van der Waals surface area contributed by atoms with Crippen molar-refractivity contribution in [3.05, 3.63) is 57.8 Å². The number of carbonyl (C=O) groups excluding carboxylic acids is 1. The zero-order chi connectivity index (χ0) is 12.3. The molecule has 0 spiro atoms. The molecule has 1 amide bonds. The van der Waals surface area contributed by atoms with E-state index in [-0.39, 0.29) is 11.9 Å². The average molecular weight is 245 g/mol. The van der Waals surface area contributed by atoms with Crippen LogP contribution in [0.4, 0.5) is 0 Å². The van der Waals surface area contributed by atoms with E-state index >= 15 is 0 Å². The van der Waals surface area contributed by atoms with Crippen LogP contribution < -0.4 is 5.32 Å². The molecule has 1 unspecified atom stereocenters. The highest BCUT2D eigenvalue weighted by atomic mass is 32.1. The Balaban J connectivity index is 2.04. The van der Waals surface area contributed by atoms with E-state index in [0.717, 1.165) is 0 Å². The van der Waals surface area contributed by atoms with Gasteiger partial charge in [0, 0.05) is 15.3 Å². The predicted molar refractivity (Wildman–Crippen MR) is 71.4 cm³/mol. The second kappa shape index (κ2) is 5.15. The van der Waals surface area contributed by atoms with Crippen LogP contribution in [0.15, 0.2) is 42.5 Å². The van der Waals surface area contributed by atoms with Crippen molar-refractivity contribution in [3.63, 3.8) is 0 Å². The quantitative estimate of drug-likeness (QED) is 0.880. The van der Waals surface area contributed by atoms with Crippen molar-refractivity contribution in [2.45, 2.75) is 19.9 Å². The van der Waals surface area contributed by atoms with Gasteiger partial charge in [-0.1, -0.05) is 18.2 Å². The fourth-order valence-electron chi connectivity index (χ4n) is 1.63. The van der Waals surface area contributed by atoms with Gasteiger partial charge in [0.25, 0.3) is 5.91 Å². The van der Waals surface area contributed by atoms with Gasteiger partial charge in [0.2, 0.25) is 0 Å². The first-order valence-corrected chi connectivity index (χ1v) is 6.40. The van der Waals surface area contributed by atoms with Gasteiger partial charge in [0.05, 0.1) is 6.04 Å². The number of aryl methyl sites for hydroxylation is 1. The SMILES string of the molecule is Cc1ccc(C(C)NC(=O)c2ccccc2)s1. The lowest BCUT2D eigenvalue weighted by Gasteiger charge is -2.12. The summed E-state index contributed by atoms with van der Waals surface area (Å²) in [5.41, 5.74) is 0.702. The molecule has 0 fully saturated rings. The standard InChI is InChI=1S/C14H15NOS/c1-10-8-9-13(17-10)11(2)15-14(16)12-6-4-3-5-7-12/h3-9,11H,1-2H3,(H,15,16). The molecule has 0 aliphatic rings. The number of nitrogens with one attached hydrogen (secondary N) is 1. The molecule has 0 aliphatic carbocycles. The summed E-state index contributed by atoms with van der Waals surface area (Å²) in [5.74, 6) is -0.0239. The zero-order valence-electron chi connectivity index (χ0n) is 9.94. The molecule has 2 aromatic rings. The van der Waals surface area contributed by atoms with E-state index in [2.05, 4.69) is 24.4 Å². The first kappa shape index (κ1) is 11.9. The summed E-state index contributed by atoms with van der Waals surface area (Å²) in [6, 6.07) is 13.5. The van der Waals surface area contributed by atoms with Gasteiger partial charge in [0.1, 0.15) is 0 Å². The van der Waals surface area contributed by atoms with Crippen LogP contribution in [0.2, 0.25) is 0 Å². The lowest BCUT2D eigenvalue weighted by Crippen LogP contribution is -2.25. The highest BCUT2D eigenvalue weighted by Crippen LogP contribution is 2.22. The Hall–Kier alpha value is -1.61. The van der Waals surface area contributed by atoms with Crippen LogP contribution >= 0.6 is 11.3 Å². The topological polar surface area (TPSA) is 29.1 Å². The number of carbonyl (C=O) groups is 1. The third kappa shape index (κ3) is 2.94. The van der Waals surface area contributed by atoms with Gasteiger partial charge >= 0.3 is 0 Å². The van der Waals surface area contributed by atoms with Crippen LogP contribution in [0.5, 0.6) is 0 Å². The minimum absolute atomic E-state index is 0.0239. The van der Waals surface area contributed by atoms with E-state index < -0.39 is 0 Å². The van der Waals surface area contributed by atoms with E-state index in [1.165, 1.54) is 9.75 Å². The third-order valence-corrected chi connectivity index (χ3v) is 3.75. The van der Waals surface area contributed by atoms with Gasteiger partial charge in [-0.3, -0.25) is 4.79 Å². The van der Waals surface area contributed by atoms with Gasteiger partial charge in [-0.2, -0.15) is 0 Å². The fourth-order valence-corrected chi connectivity index (χ4v) is 2.51. The molecule has 1 heterocycles. The molecule has 0 radical (unpaired) electrons. The molecule has 0 bridgehead atoms. The molecule has 0 saturated heterocycles. The van der Waals surface area contributed by atoms with Crippen molar-refractivity contribution in [1.29, 1.82) is 0 Å². The van der Waals surface area contributed by atoms with Crippen LogP contribution in [0.25, 0.3) is 0 Å². The molecule has 88 valence electrons. The Labute approximate surface area is 105 Å². The van der Waals surface area contributed by atoms with Crippen LogP contribution in [-0.4, -0.2) is 5.91 Å². The van der Waals surface area contributed by atoms with Gasteiger partial charge in [0.15, 0.2) is 0 Å². The molecule has 0 saturated carbocycles. The van der Waals surface area contributed by atoms with Crippen molar-refractivity contribution in [3.8, 4) is 0 Å². The lowest BCUT2D eigenvalue weighted by molar-refractivity contribution is 0.0940. The maximum absolute atomic E-state index is 11.9. The van der Waals surface area contributed by atoms with E-state index in [9.17, 15) is 4.79 Å². The van der Waals surface area contributed by atoms with Crippen molar-refractivity contribution < 1.29 is 4.79 Å². The van der Waals surface area contributed by atoms with Crippen molar-refractivity contribution >= 4 is 17.2 Å². The summed E-state index contributed by atoms with van der Waals surface area (Å²) in [7, 11) is 0. The third-order valence-electron chi connectivity index (χ3n) is 2.57. The van der Waals surface area contributed by atoms with Gasteiger partial charge < -0.3 is 5.32 Å². The first-order chi connectivity index (χ1) is 8.16. The number of thiophene rings is 1. The van der Waals surface area contributed by atoms with Crippen molar-refractivity contribution in [2.24, 2.45) is 0 Å². The Kier molecular flexibility index (Phi) is 3.59. The second-order valence-corrected chi connectivity index (χ2v) is 5.33. The molecule has 1 atom stereocenters. The lowest BCUT2D eigenvalue weighted by atomic mass is 10.2. The molecule has 3 heteroatoms. The summed E-state index contributed by atoms with van der Waals surface area (Å²) >= 11 is 1.72. The van der Waals surface area contributed by atoms with Gasteiger partial charge in [-0.25, -0.2) is 0 Å². The number of amides is 1. The number of hydrogen-bond donors (Lipinski definition) is 1. The number of rotatable bonds is 3. The molecular weight excluding hydrogens is 230 g/mol. The molecule has 1 aromatic heterocycles. The summed E-state index contributed by atoms with van der Waals surface area (Å²) in [6.07, 6.45) is 0. The molecule has 0 aliphatic heterocycles. The summed E-state index contributed by atoms with van der Waals surface area (Å²) in [5, 5.41) is 3.00. The zero-order valence-corrected chi connectivity index (χ0v) is 10.8. The van der Waals surface area contributed by atoms with Gasteiger partial charge in [-0.15, -0.1) is 11.3 Å². The van der Waals surface area contributed by atoms with Gasteiger partial charge in [-0.05, 0) is 38.1 Å². The largest absolute Gasteiger partial charge is 0.345 e. The second-order valence-electron chi connectivity index (χ2n) is 4.01. The Morgan fingerprint density at radius 2 is 1.88 bits per heavy atom. The average Bonchev–Trinajstić information content (AvgIpc) is 2.77. The highest BCUT2D eigenvalue weighted by molar-refractivity contribution is 7.12. The highest BCUT2D eigenvalue weighted by Gasteiger charge is 2.12. The minimum Gasteiger partial charge on any atom is -0.345 e. The number of benzene rings is 1. The van der Waals surface area contributed by atoms with Crippen LogP contribution in [0, 0.1) is 6.92 Å². The van der Waals surface area contributed by atoms with Crippen LogP contribution in [0.1, 0.15) is 33.1 Å². The number of hydrogen-bond acceptors (Lipinski definition) is 2. The fraction of sp³-hybridized carbons (Fsp3) is 0.214. The smallest absolute Gasteiger partial charge is 0.251 e. The summed E-state index contributed by atoms with van der Waals surface area (Å²) in [6.45, 7) is 4.08. The molecule has 17 heavy (non-hydrogen) atoms. The Bertz CT molecular complexity index is 504. The normalized spacial score (nSPS) is 12.1. The maximum Gasteiger partial charge on any atom is 0.251 e. The molecule has 1 aromatic carbocycles. The first-order valence-electron chi connectivity index (χ1n) is 5.59. The maximum atomic E-state index is 11.9. The minimum atomic E-state index is -0.0239. The van der Waals surface area contributed by atoms with E-state index in [1.807, 2.05) is 37.3 Å². The molecule has 2 nitrogen and oxygen atoms in total. The molecule has 2 rings (SSSR count). The summed E-state index contributed by atoms with van der Waals surface area (Å²) < 4.78 is 0. The van der Waals surface area contributed by atoms with E-state index in [4.69, 9.17) is 0 Å². The molecular formula is C14H15NOS.